The van der Waals surface area contributed by atoms with Crippen LogP contribution >= 0.6 is 0 Å². The molecule has 1 aromatic rings. The van der Waals surface area contributed by atoms with Crippen molar-refractivity contribution in [3.63, 3.8) is 0 Å². The highest BCUT2D eigenvalue weighted by Crippen LogP contribution is 2.26. The van der Waals surface area contributed by atoms with Crippen LogP contribution in [0.3, 0.4) is 0 Å². The van der Waals surface area contributed by atoms with Gasteiger partial charge in [-0.05, 0) is 12.1 Å². The van der Waals surface area contributed by atoms with Crippen LogP contribution in [0.1, 0.15) is 0 Å². The summed E-state index contributed by atoms with van der Waals surface area (Å²) in [5.74, 6) is 0. The number of ether oxygens (including phenoxy) is 1. The average molecular weight is 318 g/mol. The number of sulfonamides is 1. The van der Waals surface area contributed by atoms with Gasteiger partial charge in [0.2, 0.25) is 10.0 Å². The number of nitro benzene ring substituents is 1. The van der Waals surface area contributed by atoms with E-state index in [2.05, 4.69) is 10.6 Å². The number of primary sulfonamides is 1. The van der Waals surface area contributed by atoms with Crippen molar-refractivity contribution in [1.82, 2.24) is 5.32 Å². The van der Waals surface area contributed by atoms with Gasteiger partial charge in [0.05, 0.1) is 16.4 Å². The number of nitrogens with two attached hydrogens (primary N) is 1. The standard InChI is InChI=1S/C11H18N4O5S/c1-20-7-6-13-4-5-14-10-3-2-9(21(12,18)19)8-11(10)15(16)17/h2-3,8,13-14H,4-7H2,1H3,(H2,12,18,19). The molecule has 0 unspecified atom stereocenters. The summed E-state index contributed by atoms with van der Waals surface area (Å²) in [5.41, 5.74) is -0.0978. The van der Waals surface area contributed by atoms with E-state index in [-0.39, 0.29) is 16.3 Å². The SMILES string of the molecule is COCCNCCNc1ccc(S(N)(=O)=O)cc1[N+](=O)[O-]. The minimum atomic E-state index is -3.97. The summed E-state index contributed by atoms with van der Waals surface area (Å²) < 4.78 is 27.2. The number of hydrogen-bond acceptors (Lipinski definition) is 7. The zero-order valence-corrected chi connectivity index (χ0v) is 12.4. The molecular weight excluding hydrogens is 300 g/mol. The molecule has 0 saturated carbocycles. The molecule has 0 bridgehead atoms. The first-order valence-corrected chi connectivity index (χ1v) is 7.65. The van der Waals surface area contributed by atoms with Crippen LogP contribution in [0.15, 0.2) is 23.1 Å². The summed E-state index contributed by atoms with van der Waals surface area (Å²) in [4.78, 5) is 10.0. The predicted molar refractivity (Wildman–Crippen MR) is 77.7 cm³/mol. The number of nitro groups is 1. The second-order valence-electron chi connectivity index (χ2n) is 4.15. The van der Waals surface area contributed by atoms with Gasteiger partial charge in [-0.3, -0.25) is 10.1 Å². The van der Waals surface area contributed by atoms with E-state index in [9.17, 15) is 18.5 Å². The molecule has 0 aliphatic heterocycles. The molecule has 118 valence electrons. The molecule has 0 amide bonds. The Hall–Kier alpha value is -1.75. The van der Waals surface area contributed by atoms with Gasteiger partial charge in [0, 0.05) is 32.8 Å². The highest BCUT2D eigenvalue weighted by Gasteiger charge is 2.18. The molecule has 0 fully saturated rings. The van der Waals surface area contributed by atoms with E-state index in [1.165, 1.54) is 12.1 Å². The second-order valence-corrected chi connectivity index (χ2v) is 5.71. The van der Waals surface area contributed by atoms with Gasteiger partial charge in [-0.25, -0.2) is 13.6 Å². The maximum atomic E-state index is 11.2. The average Bonchev–Trinajstić information content (AvgIpc) is 2.41. The van der Waals surface area contributed by atoms with E-state index < -0.39 is 14.9 Å². The fourth-order valence-corrected chi connectivity index (χ4v) is 2.11. The van der Waals surface area contributed by atoms with Gasteiger partial charge in [0.1, 0.15) is 5.69 Å². The van der Waals surface area contributed by atoms with Gasteiger partial charge >= 0.3 is 0 Å². The Bertz CT molecular complexity index is 590. The minimum absolute atomic E-state index is 0.237. The maximum Gasteiger partial charge on any atom is 0.293 e. The highest BCUT2D eigenvalue weighted by atomic mass is 32.2. The molecule has 4 N–H and O–H groups in total. The number of nitrogens with zero attached hydrogens (tertiary/aromatic N) is 1. The topological polar surface area (TPSA) is 137 Å². The fourth-order valence-electron chi connectivity index (χ4n) is 1.57. The summed E-state index contributed by atoms with van der Waals surface area (Å²) in [6.07, 6.45) is 0. The Morgan fingerprint density at radius 1 is 1.33 bits per heavy atom. The van der Waals surface area contributed by atoms with E-state index in [0.29, 0.717) is 26.2 Å². The van der Waals surface area contributed by atoms with Crippen molar-refractivity contribution in [2.24, 2.45) is 5.14 Å². The largest absolute Gasteiger partial charge is 0.383 e. The van der Waals surface area contributed by atoms with Crippen LogP contribution in [-0.4, -0.2) is 46.7 Å². The Labute approximate surface area is 122 Å². The number of hydrogen-bond donors (Lipinski definition) is 3. The zero-order valence-electron chi connectivity index (χ0n) is 11.5. The minimum Gasteiger partial charge on any atom is -0.383 e. The Kier molecular flexibility index (Phi) is 6.49. The smallest absolute Gasteiger partial charge is 0.293 e. The van der Waals surface area contributed by atoms with Gasteiger partial charge in [-0.15, -0.1) is 0 Å². The summed E-state index contributed by atoms with van der Waals surface area (Å²) in [5, 5.41) is 21.9. The van der Waals surface area contributed by atoms with Crippen LogP contribution in [0, 0.1) is 10.1 Å². The summed E-state index contributed by atoms with van der Waals surface area (Å²) in [6.45, 7) is 2.27. The third-order valence-electron chi connectivity index (χ3n) is 2.59. The molecule has 0 radical (unpaired) electrons. The molecule has 0 atom stereocenters. The molecule has 0 saturated heterocycles. The molecule has 1 rings (SSSR count). The van der Waals surface area contributed by atoms with Crippen LogP contribution in [0.25, 0.3) is 0 Å². The van der Waals surface area contributed by atoms with Crippen molar-refractivity contribution in [1.29, 1.82) is 0 Å². The number of benzene rings is 1. The molecule has 21 heavy (non-hydrogen) atoms. The maximum absolute atomic E-state index is 11.2. The van der Waals surface area contributed by atoms with E-state index in [1.807, 2.05) is 0 Å². The first kappa shape index (κ1) is 17.3. The van der Waals surface area contributed by atoms with Crippen molar-refractivity contribution in [2.45, 2.75) is 4.90 Å². The van der Waals surface area contributed by atoms with E-state index in [4.69, 9.17) is 9.88 Å². The van der Waals surface area contributed by atoms with E-state index >= 15 is 0 Å². The number of rotatable bonds is 9. The molecule has 0 aliphatic carbocycles. The van der Waals surface area contributed by atoms with Gasteiger partial charge < -0.3 is 15.4 Å². The lowest BCUT2D eigenvalue weighted by atomic mass is 10.2. The summed E-state index contributed by atoms with van der Waals surface area (Å²) in [7, 11) is -2.38. The Morgan fingerprint density at radius 2 is 2.05 bits per heavy atom. The van der Waals surface area contributed by atoms with Gasteiger partial charge in [0.25, 0.3) is 5.69 Å². The number of anilines is 1. The molecule has 0 spiro atoms. The van der Waals surface area contributed by atoms with Gasteiger partial charge in [-0.2, -0.15) is 0 Å². The van der Waals surface area contributed by atoms with Crippen molar-refractivity contribution >= 4 is 21.4 Å². The predicted octanol–water partition coefficient (Wildman–Crippen LogP) is -0.110. The molecule has 0 aliphatic rings. The summed E-state index contributed by atoms with van der Waals surface area (Å²) in [6, 6.07) is 3.49. The Morgan fingerprint density at radius 3 is 2.62 bits per heavy atom. The first-order valence-electron chi connectivity index (χ1n) is 6.11. The lowest BCUT2D eigenvalue weighted by Gasteiger charge is -2.09. The van der Waals surface area contributed by atoms with Crippen LogP contribution < -0.4 is 15.8 Å². The fraction of sp³-hybridized carbons (Fsp3) is 0.455. The lowest BCUT2D eigenvalue weighted by molar-refractivity contribution is -0.384. The molecule has 9 nitrogen and oxygen atoms in total. The van der Waals surface area contributed by atoms with Crippen LogP contribution in [-0.2, 0) is 14.8 Å². The van der Waals surface area contributed by atoms with E-state index in [0.717, 1.165) is 6.07 Å². The van der Waals surface area contributed by atoms with Crippen molar-refractivity contribution in [3.8, 4) is 0 Å². The van der Waals surface area contributed by atoms with Crippen molar-refractivity contribution in [3.05, 3.63) is 28.3 Å². The molecule has 10 heteroatoms. The molecule has 0 aromatic heterocycles. The zero-order chi connectivity index (χ0) is 15.9. The molecule has 1 aromatic carbocycles. The monoisotopic (exact) mass is 318 g/mol. The third-order valence-corrected chi connectivity index (χ3v) is 3.51. The normalized spacial score (nSPS) is 11.3. The number of methoxy groups -OCH3 is 1. The van der Waals surface area contributed by atoms with Crippen molar-refractivity contribution < 1.29 is 18.1 Å². The third kappa shape index (κ3) is 5.63. The first-order chi connectivity index (χ1) is 9.86. The lowest BCUT2D eigenvalue weighted by Crippen LogP contribution is -2.25. The van der Waals surface area contributed by atoms with Crippen LogP contribution in [0.5, 0.6) is 0 Å². The van der Waals surface area contributed by atoms with Crippen molar-refractivity contribution in [2.75, 3.05) is 38.7 Å². The van der Waals surface area contributed by atoms with E-state index in [1.54, 1.807) is 7.11 Å². The number of nitrogens with one attached hydrogen (secondary N) is 2. The van der Waals surface area contributed by atoms with Crippen LogP contribution in [0.2, 0.25) is 0 Å². The highest BCUT2D eigenvalue weighted by molar-refractivity contribution is 7.89. The quantitative estimate of drug-likeness (QED) is 0.328. The van der Waals surface area contributed by atoms with Gasteiger partial charge in [-0.1, -0.05) is 0 Å². The van der Waals surface area contributed by atoms with Crippen LogP contribution in [0.4, 0.5) is 11.4 Å². The molecule has 0 heterocycles. The van der Waals surface area contributed by atoms with Gasteiger partial charge in [0.15, 0.2) is 0 Å². The Balaban J connectivity index is 2.72. The second kappa shape index (κ2) is 7.88. The molecular formula is C11H18N4O5S. The summed E-state index contributed by atoms with van der Waals surface area (Å²) >= 11 is 0.